The lowest BCUT2D eigenvalue weighted by atomic mass is 9.84. The summed E-state index contributed by atoms with van der Waals surface area (Å²) in [6.07, 6.45) is 6.17. The lowest BCUT2D eigenvalue weighted by Crippen LogP contribution is -2.60. The molecule has 0 radical (unpaired) electrons. The highest BCUT2D eigenvalue weighted by Gasteiger charge is 2.48. The Morgan fingerprint density at radius 3 is 2.39 bits per heavy atom. The molecule has 1 aliphatic heterocycles. The molecule has 18 heavy (non-hydrogen) atoms. The van der Waals surface area contributed by atoms with Crippen LogP contribution in [0.3, 0.4) is 0 Å². The number of rotatable bonds is 3. The van der Waals surface area contributed by atoms with Gasteiger partial charge < -0.3 is 10.5 Å². The minimum absolute atomic E-state index is 0.0210. The molecule has 2 unspecified atom stereocenters. The molecule has 1 saturated carbocycles. The quantitative estimate of drug-likeness (QED) is 0.840. The van der Waals surface area contributed by atoms with E-state index in [9.17, 15) is 0 Å². The first-order valence-corrected chi connectivity index (χ1v) is 7.35. The zero-order valence-electron chi connectivity index (χ0n) is 12.6. The van der Waals surface area contributed by atoms with Crippen molar-refractivity contribution in [2.45, 2.75) is 64.0 Å². The predicted molar refractivity (Wildman–Crippen MR) is 75.6 cm³/mol. The summed E-state index contributed by atoms with van der Waals surface area (Å²) in [7, 11) is 1.84. The first kappa shape index (κ1) is 14.3. The maximum absolute atomic E-state index is 6.17. The van der Waals surface area contributed by atoms with Crippen molar-refractivity contribution in [3.8, 4) is 0 Å². The van der Waals surface area contributed by atoms with E-state index in [1.807, 2.05) is 7.11 Å². The fourth-order valence-corrected chi connectivity index (χ4v) is 3.99. The third kappa shape index (κ3) is 2.59. The summed E-state index contributed by atoms with van der Waals surface area (Å²) in [4.78, 5) is 2.63. The van der Waals surface area contributed by atoms with E-state index in [1.54, 1.807) is 0 Å². The molecule has 3 nitrogen and oxygen atoms in total. The zero-order valence-corrected chi connectivity index (χ0v) is 12.6. The molecule has 0 amide bonds. The van der Waals surface area contributed by atoms with Gasteiger partial charge in [0.25, 0.3) is 0 Å². The van der Waals surface area contributed by atoms with Crippen LogP contribution < -0.4 is 5.73 Å². The van der Waals surface area contributed by atoms with Crippen LogP contribution in [0.5, 0.6) is 0 Å². The number of piperidine rings is 1. The molecular formula is C15H30N2O. The minimum Gasteiger partial charge on any atom is -0.377 e. The van der Waals surface area contributed by atoms with Gasteiger partial charge in [-0.3, -0.25) is 4.90 Å². The largest absolute Gasteiger partial charge is 0.377 e. The van der Waals surface area contributed by atoms with E-state index in [-0.39, 0.29) is 11.1 Å². The monoisotopic (exact) mass is 254 g/mol. The summed E-state index contributed by atoms with van der Waals surface area (Å²) in [5, 5.41) is 0. The molecule has 2 rings (SSSR count). The number of nitrogens with zero attached hydrogens (tertiary/aromatic N) is 1. The normalized spacial score (nSPS) is 41.2. The van der Waals surface area contributed by atoms with E-state index in [0.717, 1.165) is 13.1 Å². The summed E-state index contributed by atoms with van der Waals surface area (Å²) in [5.41, 5.74) is 6.86. The Morgan fingerprint density at radius 1 is 1.17 bits per heavy atom. The SMILES string of the molecule is COC1(C)CCCN(C2(CN)CCC(C)(C)C2)C1. The van der Waals surface area contributed by atoms with Gasteiger partial charge >= 0.3 is 0 Å². The molecule has 2 fully saturated rings. The molecule has 1 aliphatic carbocycles. The van der Waals surface area contributed by atoms with Crippen LogP contribution in [0.4, 0.5) is 0 Å². The Labute approximate surface area is 112 Å². The van der Waals surface area contributed by atoms with Crippen molar-refractivity contribution in [1.29, 1.82) is 0 Å². The zero-order chi connectivity index (χ0) is 13.4. The Bertz CT molecular complexity index is 305. The van der Waals surface area contributed by atoms with Gasteiger partial charge in [0.2, 0.25) is 0 Å². The highest BCUT2D eigenvalue weighted by molar-refractivity contribution is 5.04. The number of ether oxygens (including phenoxy) is 1. The second-order valence-corrected chi connectivity index (χ2v) is 7.45. The summed E-state index contributed by atoms with van der Waals surface area (Å²) in [5.74, 6) is 0. The molecule has 0 bridgehead atoms. The maximum Gasteiger partial charge on any atom is 0.0777 e. The Balaban J connectivity index is 2.14. The van der Waals surface area contributed by atoms with Gasteiger partial charge in [0.15, 0.2) is 0 Å². The lowest BCUT2D eigenvalue weighted by molar-refractivity contribution is -0.0805. The molecule has 2 atom stereocenters. The van der Waals surface area contributed by atoms with Crippen LogP contribution in [0, 0.1) is 5.41 Å². The predicted octanol–water partition coefficient (Wildman–Crippen LogP) is 2.39. The molecule has 106 valence electrons. The number of hydrogen-bond donors (Lipinski definition) is 1. The summed E-state index contributed by atoms with van der Waals surface area (Å²) >= 11 is 0. The Kier molecular flexibility index (Phi) is 3.79. The molecule has 0 aromatic carbocycles. The fourth-order valence-electron chi connectivity index (χ4n) is 3.99. The molecule has 2 aliphatic rings. The van der Waals surface area contributed by atoms with E-state index in [4.69, 9.17) is 10.5 Å². The summed E-state index contributed by atoms with van der Waals surface area (Å²) in [6.45, 7) is 10.0. The van der Waals surface area contributed by atoms with Crippen LogP contribution in [0.25, 0.3) is 0 Å². The average molecular weight is 254 g/mol. The van der Waals surface area contributed by atoms with Crippen molar-refractivity contribution in [3.63, 3.8) is 0 Å². The second-order valence-electron chi connectivity index (χ2n) is 7.45. The molecule has 3 heteroatoms. The Hall–Kier alpha value is -0.120. The molecule has 1 heterocycles. The van der Waals surface area contributed by atoms with Crippen molar-refractivity contribution in [2.24, 2.45) is 11.1 Å². The fraction of sp³-hybridized carbons (Fsp3) is 1.00. The molecule has 0 aromatic rings. The maximum atomic E-state index is 6.17. The second kappa shape index (κ2) is 4.77. The third-order valence-electron chi connectivity index (χ3n) is 5.28. The van der Waals surface area contributed by atoms with Crippen LogP contribution >= 0.6 is 0 Å². The highest BCUT2D eigenvalue weighted by Crippen LogP contribution is 2.47. The van der Waals surface area contributed by atoms with Gasteiger partial charge in [-0.05, 0) is 51.0 Å². The van der Waals surface area contributed by atoms with Crippen molar-refractivity contribution in [1.82, 2.24) is 4.90 Å². The van der Waals surface area contributed by atoms with Crippen molar-refractivity contribution in [2.75, 3.05) is 26.7 Å². The number of likely N-dealkylation sites (tertiary alicyclic amines) is 1. The smallest absolute Gasteiger partial charge is 0.0777 e. The van der Waals surface area contributed by atoms with Gasteiger partial charge in [0.05, 0.1) is 5.60 Å². The summed E-state index contributed by atoms with van der Waals surface area (Å²) < 4.78 is 5.73. The third-order valence-corrected chi connectivity index (χ3v) is 5.28. The van der Waals surface area contributed by atoms with Crippen molar-refractivity contribution >= 4 is 0 Å². The van der Waals surface area contributed by atoms with Gasteiger partial charge in [0, 0.05) is 25.7 Å². The average Bonchev–Trinajstić information content (AvgIpc) is 2.67. The van der Waals surface area contributed by atoms with Crippen molar-refractivity contribution in [3.05, 3.63) is 0 Å². The van der Waals surface area contributed by atoms with Gasteiger partial charge in [-0.2, -0.15) is 0 Å². The van der Waals surface area contributed by atoms with Crippen LogP contribution in [0.2, 0.25) is 0 Å². The highest BCUT2D eigenvalue weighted by atomic mass is 16.5. The van der Waals surface area contributed by atoms with Crippen molar-refractivity contribution < 1.29 is 4.74 Å². The van der Waals surface area contributed by atoms with Gasteiger partial charge in [-0.1, -0.05) is 13.8 Å². The van der Waals surface area contributed by atoms with Gasteiger partial charge in [-0.25, -0.2) is 0 Å². The Morgan fingerprint density at radius 2 is 1.89 bits per heavy atom. The van der Waals surface area contributed by atoms with E-state index in [0.29, 0.717) is 5.41 Å². The van der Waals surface area contributed by atoms with E-state index >= 15 is 0 Å². The number of nitrogens with two attached hydrogens (primary N) is 1. The van der Waals surface area contributed by atoms with Gasteiger partial charge in [0.1, 0.15) is 0 Å². The van der Waals surface area contributed by atoms with Crippen LogP contribution in [0.15, 0.2) is 0 Å². The summed E-state index contributed by atoms with van der Waals surface area (Å²) in [6, 6.07) is 0. The standard InChI is InChI=1S/C15H30N2O/c1-13(2)7-8-15(10-13,11-16)17-9-5-6-14(3,12-17)18-4/h5-12,16H2,1-4H3. The molecule has 1 saturated heterocycles. The first-order chi connectivity index (χ1) is 8.35. The number of methoxy groups -OCH3 is 1. The van der Waals surface area contributed by atoms with E-state index < -0.39 is 0 Å². The number of hydrogen-bond acceptors (Lipinski definition) is 3. The minimum atomic E-state index is 0.0210. The van der Waals surface area contributed by atoms with Crippen LogP contribution in [0.1, 0.15) is 52.9 Å². The lowest BCUT2D eigenvalue weighted by Gasteiger charge is -2.49. The van der Waals surface area contributed by atoms with Crippen LogP contribution in [-0.4, -0.2) is 42.8 Å². The van der Waals surface area contributed by atoms with E-state index in [1.165, 1.54) is 38.6 Å². The first-order valence-electron chi connectivity index (χ1n) is 7.35. The van der Waals surface area contributed by atoms with Crippen LogP contribution in [-0.2, 0) is 4.74 Å². The van der Waals surface area contributed by atoms with Gasteiger partial charge in [-0.15, -0.1) is 0 Å². The molecule has 0 aromatic heterocycles. The molecular weight excluding hydrogens is 224 g/mol. The molecule has 0 spiro atoms. The van der Waals surface area contributed by atoms with E-state index in [2.05, 4.69) is 25.7 Å². The molecule has 2 N–H and O–H groups in total. The topological polar surface area (TPSA) is 38.5 Å².